The van der Waals surface area contributed by atoms with Crippen molar-refractivity contribution in [2.75, 3.05) is 16.8 Å². The van der Waals surface area contributed by atoms with Crippen LogP contribution >= 0.6 is 11.6 Å². The molecular weight excluding hydrogens is 601 g/mol. The molecule has 1 aliphatic heterocycles. The van der Waals surface area contributed by atoms with Gasteiger partial charge < -0.3 is 26.3 Å². The lowest BCUT2D eigenvalue weighted by molar-refractivity contribution is -0.121. The molecular formula is C30H28B4ClN7O4. The molecule has 2 aliphatic carbocycles. The van der Waals surface area contributed by atoms with Crippen LogP contribution in [0.3, 0.4) is 0 Å². The molecule has 8 radical (unpaired) electrons. The van der Waals surface area contributed by atoms with Crippen molar-refractivity contribution in [2.24, 2.45) is 22.5 Å². The summed E-state index contributed by atoms with van der Waals surface area (Å²) in [5, 5.41) is 18.6. The Morgan fingerprint density at radius 3 is 2.48 bits per heavy atom. The van der Waals surface area contributed by atoms with E-state index in [1.165, 1.54) is 17.3 Å². The molecule has 2 amide bonds. The zero-order valence-corrected chi connectivity index (χ0v) is 26.1. The molecule has 226 valence electrons. The molecule has 2 saturated carbocycles. The molecule has 0 atom stereocenters. The Labute approximate surface area is 276 Å². The number of rotatable bonds is 11. The maximum atomic E-state index is 13.1. The van der Waals surface area contributed by atoms with Crippen molar-refractivity contribution in [3.8, 4) is 16.9 Å². The number of hydrogen-bond acceptors (Lipinski definition) is 9. The molecule has 11 nitrogen and oxygen atoms in total. The minimum Gasteiger partial charge on any atom is -0.482 e. The van der Waals surface area contributed by atoms with Gasteiger partial charge in [0.15, 0.2) is 6.61 Å². The Hall–Kier alpha value is -3.83. The van der Waals surface area contributed by atoms with E-state index in [0.717, 1.165) is 6.21 Å². The fraction of sp³-hybridized carbons (Fsp3) is 0.400. The highest BCUT2D eigenvalue weighted by atomic mass is 35.5. The molecule has 3 heterocycles. The van der Waals surface area contributed by atoms with E-state index < -0.39 is 27.5 Å². The monoisotopic (exact) mass is 629 g/mol. The Morgan fingerprint density at radius 1 is 1.24 bits per heavy atom. The van der Waals surface area contributed by atoms with E-state index in [2.05, 4.69) is 15.3 Å². The highest BCUT2D eigenvalue weighted by Gasteiger charge is 2.90. The van der Waals surface area contributed by atoms with Gasteiger partial charge in [-0.25, -0.2) is 15.0 Å². The van der Waals surface area contributed by atoms with Gasteiger partial charge in [-0.2, -0.15) is 0 Å². The minimum atomic E-state index is -1.97. The van der Waals surface area contributed by atoms with E-state index in [4.69, 9.17) is 63.8 Å². The second-order valence-corrected chi connectivity index (χ2v) is 13.2. The quantitative estimate of drug-likeness (QED) is 0.183. The number of nitrogens with zero attached hydrogens (tertiary/aromatic N) is 4. The Balaban J connectivity index is 1.45. The number of aliphatic hydroxyl groups is 1. The van der Waals surface area contributed by atoms with Gasteiger partial charge >= 0.3 is 0 Å². The van der Waals surface area contributed by atoms with Crippen LogP contribution in [0.4, 0.5) is 11.5 Å². The zero-order valence-electron chi connectivity index (χ0n) is 25.3. The van der Waals surface area contributed by atoms with Crippen LogP contribution in [-0.4, -0.2) is 86.8 Å². The van der Waals surface area contributed by atoms with Crippen molar-refractivity contribution < 1.29 is 19.4 Å². The van der Waals surface area contributed by atoms with E-state index in [9.17, 15) is 14.7 Å². The van der Waals surface area contributed by atoms with Crippen molar-refractivity contribution in [1.29, 1.82) is 5.41 Å². The van der Waals surface area contributed by atoms with Gasteiger partial charge in [0, 0.05) is 29.7 Å². The number of carbonyl (C=O) groups is 2. The molecule has 3 aromatic rings. The Bertz CT molecular complexity index is 1780. The molecule has 0 unspecified atom stereocenters. The molecule has 16 heteroatoms. The summed E-state index contributed by atoms with van der Waals surface area (Å²) in [4.78, 5) is 40.6. The first-order valence-corrected chi connectivity index (χ1v) is 15.0. The van der Waals surface area contributed by atoms with Gasteiger partial charge in [0.1, 0.15) is 17.4 Å². The predicted octanol–water partition coefficient (Wildman–Crippen LogP) is 1.58. The average Bonchev–Trinajstić information content (AvgIpc) is 3.84. The molecule has 2 aromatic heterocycles. The molecule has 1 aromatic carbocycles. The van der Waals surface area contributed by atoms with Gasteiger partial charge in [-0.05, 0) is 64.4 Å². The summed E-state index contributed by atoms with van der Waals surface area (Å²) in [5.41, 5.74) is 6.25. The summed E-state index contributed by atoms with van der Waals surface area (Å²) in [6, 6.07) is 5.04. The van der Waals surface area contributed by atoms with Crippen LogP contribution in [0, 0.1) is 22.2 Å². The van der Waals surface area contributed by atoms with E-state index in [-0.39, 0.29) is 41.9 Å². The van der Waals surface area contributed by atoms with Gasteiger partial charge in [-0.1, -0.05) is 31.5 Å². The van der Waals surface area contributed by atoms with E-state index in [1.54, 1.807) is 18.2 Å². The first-order chi connectivity index (χ1) is 21.5. The number of hydrogen-bond donors (Lipinski definition) is 4. The van der Waals surface area contributed by atoms with Crippen molar-refractivity contribution in [3.63, 3.8) is 0 Å². The van der Waals surface area contributed by atoms with E-state index in [1.807, 2.05) is 13.8 Å². The van der Waals surface area contributed by atoms with Crippen LogP contribution in [0.5, 0.6) is 5.75 Å². The van der Waals surface area contributed by atoms with Crippen molar-refractivity contribution >= 4 is 72.5 Å². The van der Waals surface area contributed by atoms with Gasteiger partial charge in [0.05, 0.1) is 59.9 Å². The fourth-order valence-electron chi connectivity index (χ4n) is 6.64. The third-order valence-electron chi connectivity index (χ3n) is 9.22. The summed E-state index contributed by atoms with van der Waals surface area (Å²) in [7, 11) is 24.9. The Morgan fingerprint density at radius 2 is 1.91 bits per heavy atom. The summed E-state index contributed by atoms with van der Waals surface area (Å²) in [6.07, 6.45) is 5.09. The summed E-state index contributed by atoms with van der Waals surface area (Å²) in [6.45, 7) is 3.76. The van der Waals surface area contributed by atoms with Crippen LogP contribution in [-0.2, 0) is 17.8 Å². The standard InChI is InChI=1S/C30H28B4ClN7O4/c1-14(2)5-18-24(25(37)44)23(17(7-36)26(40-18)41-29(31,32)27-12-28(27,13-27)30(33,34)45)15-3-4-19-20(6-15)46-11-22(43)42(19)10-21-38-8-16(35)9-39-21/h3-4,6-9,14,36,45H,5,10-13H2,1-2H3,(H2,37,44)(H,40,41). The Kier molecular flexibility index (Phi) is 7.59. The van der Waals surface area contributed by atoms with Gasteiger partial charge in [0.25, 0.3) is 11.8 Å². The van der Waals surface area contributed by atoms with Crippen LogP contribution in [0.2, 0.25) is 5.02 Å². The van der Waals surface area contributed by atoms with E-state index >= 15 is 0 Å². The molecule has 0 saturated heterocycles. The van der Waals surface area contributed by atoms with Crippen LogP contribution < -0.4 is 20.7 Å². The number of anilines is 2. The van der Waals surface area contributed by atoms with Gasteiger partial charge in [-0.15, -0.1) is 0 Å². The van der Waals surface area contributed by atoms with Crippen LogP contribution in [0.15, 0.2) is 30.6 Å². The highest BCUT2D eigenvalue weighted by Crippen LogP contribution is 2.91. The highest BCUT2D eigenvalue weighted by molar-refractivity contribution is 6.45. The number of ether oxygens (including phenoxy) is 1. The topological polar surface area (TPSA) is 167 Å². The SMILES string of the molecule is [B]C([B])(O)C12CC1(C([B])([B])Nc1nc(CC(C)C)c(C(N)=O)c(-c3ccc4c(c3)OCC(=O)N4Cc3ncc(Cl)cn3)c1C=N)C2. The third-order valence-corrected chi connectivity index (χ3v) is 9.42. The van der Waals surface area contributed by atoms with Crippen molar-refractivity contribution in [1.82, 2.24) is 15.0 Å². The molecule has 2 fully saturated rings. The number of carbonyl (C=O) groups excluding carboxylic acids is 2. The second-order valence-electron chi connectivity index (χ2n) is 12.8. The largest absolute Gasteiger partial charge is 0.482 e. The number of pyridine rings is 1. The number of aromatic nitrogens is 3. The van der Waals surface area contributed by atoms with Crippen LogP contribution in [0.25, 0.3) is 11.1 Å². The molecule has 46 heavy (non-hydrogen) atoms. The molecule has 0 spiro atoms. The lowest BCUT2D eigenvalue weighted by atomic mass is 9.54. The second kappa shape index (κ2) is 10.9. The lowest BCUT2D eigenvalue weighted by Gasteiger charge is -2.34. The maximum absolute atomic E-state index is 13.1. The summed E-state index contributed by atoms with van der Waals surface area (Å²) >= 11 is 5.92. The molecule has 3 aliphatic rings. The van der Waals surface area contributed by atoms with Crippen molar-refractivity contribution in [3.05, 3.63) is 58.3 Å². The van der Waals surface area contributed by atoms with E-state index in [0.29, 0.717) is 58.4 Å². The first-order valence-electron chi connectivity index (χ1n) is 14.6. The smallest absolute Gasteiger partial charge is 0.265 e. The number of amides is 2. The predicted molar refractivity (Wildman–Crippen MR) is 177 cm³/mol. The number of benzene rings is 1. The first kappa shape index (κ1) is 32.1. The summed E-state index contributed by atoms with van der Waals surface area (Å²) in [5.74, 6) is -0.0952. The van der Waals surface area contributed by atoms with Gasteiger partial charge in [-0.3, -0.25) is 14.5 Å². The number of primary amides is 1. The van der Waals surface area contributed by atoms with Crippen molar-refractivity contribution in [2.45, 2.75) is 50.4 Å². The molecule has 6 rings (SSSR count). The average molecular weight is 629 g/mol. The fourth-order valence-corrected chi connectivity index (χ4v) is 6.74. The number of fused-ring (bicyclic) bond motifs is 2. The summed E-state index contributed by atoms with van der Waals surface area (Å²) < 4.78 is 5.82. The normalized spacial score (nSPS) is 21.7. The molecule has 5 N–H and O–H groups in total. The zero-order chi connectivity index (χ0) is 33.4. The third kappa shape index (κ3) is 5.08. The number of nitrogens with one attached hydrogen (secondary N) is 2. The number of halogens is 1. The van der Waals surface area contributed by atoms with Crippen LogP contribution in [0.1, 0.15) is 54.1 Å². The minimum absolute atomic E-state index is 0.0711. The molecule has 0 bridgehead atoms. The van der Waals surface area contributed by atoms with Gasteiger partial charge in [0.2, 0.25) is 0 Å². The number of nitrogens with two attached hydrogens (primary N) is 1. The lowest BCUT2D eigenvalue weighted by Crippen LogP contribution is -2.47. The maximum Gasteiger partial charge on any atom is 0.265 e.